The minimum absolute atomic E-state index is 0.0916. The number of azide groups is 1. The minimum atomic E-state index is -2.31. The maximum absolute atomic E-state index is 13.9. The van der Waals surface area contributed by atoms with Gasteiger partial charge in [0.2, 0.25) is 5.91 Å². The first-order valence-electron chi connectivity index (χ1n) is 14.5. The predicted octanol–water partition coefficient (Wildman–Crippen LogP) is 8.13. The third-order valence-corrected chi connectivity index (χ3v) is 12.3. The molecule has 0 N–H and O–H groups in total. The Balaban J connectivity index is 2.01. The molecule has 1 heterocycles. The zero-order chi connectivity index (χ0) is 31.6. The summed E-state index contributed by atoms with van der Waals surface area (Å²) in [6.45, 7) is 12.6. The smallest absolute Gasteiger partial charge is 0.342 e. The molecule has 228 valence electrons. The van der Waals surface area contributed by atoms with E-state index in [9.17, 15) is 14.4 Å². The Labute approximate surface area is 254 Å². The van der Waals surface area contributed by atoms with E-state index in [1.165, 1.54) is 6.08 Å². The Kier molecular flexibility index (Phi) is 11.5. The van der Waals surface area contributed by atoms with Gasteiger partial charge in [-0.1, -0.05) is 76.3 Å². The molecule has 0 fully saturated rings. The van der Waals surface area contributed by atoms with Gasteiger partial charge in [-0.05, 0) is 77.4 Å². The summed E-state index contributed by atoms with van der Waals surface area (Å²) in [7, 11) is -2.31. The Morgan fingerprint density at radius 2 is 1.84 bits per heavy atom. The van der Waals surface area contributed by atoms with E-state index in [2.05, 4.69) is 43.9 Å². The predicted molar refractivity (Wildman–Crippen MR) is 168 cm³/mol. The first-order chi connectivity index (χ1) is 20.3. The Bertz CT molecular complexity index is 1410. The Morgan fingerprint density at radius 1 is 1.12 bits per heavy atom. The molecule has 43 heavy (non-hydrogen) atoms. The van der Waals surface area contributed by atoms with Gasteiger partial charge in [-0.2, -0.15) is 0 Å². The van der Waals surface area contributed by atoms with Crippen molar-refractivity contribution < 1.29 is 28.3 Å². The standard InChI is InChI=1S/C33H41N3O6Si/c1-23-14-10-11-15-24-18-12-20-27(42-43(5,6)33(2,3)4)30(24)32(39)40-26(19-13-21-29(37)35-36-34)22-28(23)41-31(38)25-16-8-7-9-17-25/h7-13,16-18,20-21,23,26,28H,14-15,19,22H2,1-6H3/t23-,26-,28+/m0/s1. The van der Waals surface area contributed by atoms with Gasteiger partial charge in [0, 0.05) is 17.8 Å². The highest BCUT2D eigenvalue weighted by molar-refractivity contribution is 6.74. The second-order valence-electron chi connectivity index (χ2n) is 12.3. The summed E-state index contributed by atoms with van der Waals surface area (Å²) in [5.41, 5.74) is 10.1. The van der Waals surface area contributed by atoms with E-state index in [4.69, 9.17) is 19.4 Å². The average molecular weight is 604 g/mol. The van der Waals surface area contributed by atoms with E-state index in [1.807, 2.05) is 37.3 Å². The number of hydrogen-bond donors (Lipinski definition) is 0. The van der Waals surface area contributed by atoms with Crippen LogP contribution in [0.2, 0.25) is 18.1 Å². The largest absolute Gasteiger partial charge is 0.543 e. The van der Waals surface area contributed by atoms with E-state index in [1.54, 1.807) is 30.3 Å². The molecule has 0 spiro atoms. The molecule has 0 saturated heterocycles. The maximum Gasteiger partial charge on any atom is 0.342 e. The Morgan fingerprint density at radius 3 is 2.51 bits per heavy atom. The van der Waals surface area contributed by atoms with Crippen LogP contribution in [0.15, 0.2) is 77.9 Å². The third kappa shape index (κ3) is 9.43. The molecule has 2 aromatic rings. The summed E-state index contributed by atoms with van der Waals surface area (Å²) in [4.78, 5) is 41.3. The fourth-order valence-corrected chi connectivity index (χ4v) is 5.43. The molecule has 0 bridgehead atoms. The number of fused-ring (bicyclic) bond motifs is 1. The van der Waals surface area contributed by atoms with Gasteiger partial charge in [0.25, 0.3) is 8.32 Å². The van der Waals surface area contributed by atoms with Crippen LogP contribution in [0.25, 0.3) is 10.4 Å². The molecular formula is C33H41N3O6Si. The van der Waals surface area contributed by atoms with Crippen molar-refractivity contribution in [2.75, 3.05) is 0 Å². The van der Waals surface area contributed by atoms with Gasteiger partial charge in [-0.15, -0.1) is 0 Å². The average Bonchev–Trinajstić information content (AvgIpc) is 2.94. The number of esters is 2. The summed E-state index contributed by atoms with van der Waals surface area (Å²) in [5, 5.41) is 2.96. The molecule has 2 aromatic carbocycles. The van der Waals surface area contributed by atoms with Gasteiger partial charge in [-0.3, -0.25) is 4.79 Å². The van der Waals surface area contributed by atoms with Crippen molar-refractivity contribution in [2.24, 2.45) is 11.0 Å². The fraction of sp³-hybridized carbons (Fsp3) is 0.424. The van der Waals surface area contributed by atoms with Crippen LogP contribution in [0.1, 0.15) is 73.2 Å². The normalized spacial score (nSPS) is 19.7. The Hall–Kier alpha value is -4.14. The van der Waals surface area contributed by atoms with Gasteiger partial charge in [0.1, 0.15) is 23.5 Å². The highest BCUT2D eigenvalue weighted by Gasteiger charge is 2.40. The van der Waals surface area contributed by atoms with Crippen LogP contribution in [0.5, 0.6) is 5.75 Å². The number of carbonyl (C=O) groups excluding carboxylic acids is 3. The van der Waals surface area contributed by atoms with Crippen LogP contribution < -0.4 is 4.43 Å². The van der Waals surface area contributed by atoms with Crippen LogP contribution in [-0.2, 0) is 20.7 Å². The summed E-state index contributed by atoms with van der Waals surface area (Å²) in [5.74, 6) is -1.40. The van der Waals surface area contributed by atoms with Crippen molar-refractivity contribution in [3.63, 3.8) is 0 Å². The van der Waals surface area contributed by atoms with Crippen LogP contribution in [0.3, 0.4) is 0 Å². The van der Waals surface area contributed by atoms with E-state index in [-0.39, 0.29) is 23.8 Å². The van der Waals surface area contributed by atoms with E-state index < -0.39 is 38.4 Å². The van der Waals surface area contributed by atoms with E-state index >= 15 is 0 Å². The van der Waals surface area contributed by atoms with Crippen LogP contribution in [-0.4, -0.2) is 38.4 Å². The number of carbonyl (C=O) groups is 3. The highest BCUT2D eigenvalue weighted by atomic mass is 28.4. The topological polar surface area (TPSA) is 128 Å². The van der Waals surface area contributed by atoms with Gasteiger partial charge in [0.05, 0.1) is 5.56 Å². The molecule has 0 radical (unpaired) electrons. The first-order valence-corrected chi connectivity index (χ1v) is 17.4. The third-order valence-electron chi connectivity index (χ3n) is 7.97. The zero-order valence-electron chi connectivity index (χ0n) is 25.8. The minimum Gasteiger partial charge on any atom is -0.543 e. The first kappa shape index (κ1) is 33.4. The molecule has 0 aliphatic carbocycles. The van der Waals surface area contributed by atoms with Crippen LogP contribution in [0.4, 0.5) is 0 Å². The molecule has 3 rings (SSSR count). The van der Waals surface area contributed by atoms with E-state index in [0.717, 1.165) is 11.6 Å². The summed E-state index contributed by atoms with van der Waals surface area (Å²) >= 11 is 0. The van der Waals surface area contributed by atoms with Crippen LogP contribution in [0, 0.1) is 5.92 Å². The number of hydrogen-bond acceptors (Lipinski definition) is 6. The van der Waals surface area contributed by atoms with Crippen molar-refractivity contribution in [3.8, 4) is 5.75 Å². The van der Waals surface area contributed by atoms with Gasteiger partial charge in [-0.25, -0.2) is 9.59 Å². The molecule has 0 aromatic heterocycles. The van der Waals surface area contributed by atoms with Crippen molar-refractivity contribution in [3.05, 3.63) is 100.0 Å². The van der Waals surface area contributed by atoms with E-state index in [0.29, 0.717) is 29.7 Å². The molecule has 1 aliphatic rings. The van der Waals surface area contributed by atoms with Gasteiger partial charge >= 0.3 is 11.9 Å². The number of cyclic esters (lactones) is 1. The molecule has 1 amide bonds. The maximum atomic E-state index is 13.9. The monoisotopic (exact) mass is 603 g/mol. The highest BCUT2D eigenvalue weighted by Crippen LogP contribution is 2.39. The molecule has 3 atom stereocenters. The van der Waals surface area contributed by atoms with Crippen LogP contribution >= 0.6 is 0 Å². The molecule has 0 saturated carbocycles. The zero-order valence-corrected chi connectivity index (χ0v) is 26.8. The molecular weight excluding hydrogens is 562 g/mol. The lowest BCUT2D eigenvalue weighted by Crippen LogP contribution is -2.44. The molecule has 10 heteroatoms. The SMILES string of the molecule is C[C@H]1CC=CCc2cccc(O[Si](C)(C)C(C)(C)C)c2C(=O)O[C@@H](CC=CC(=O)N=[N+]=[N-])C[C@H]1OC(=O)c1ccccc1. The lowest BCUT2D eigenvalue weighted by Gasteiger charge is -2.37. The lowest BCUT2D eigenvalue weighted by atomic mass is 9.93. The van der Waals surface area contributed by atoms with Crippen molar-refractivity contribution >= 4 is 26.2 Å². The summed E-state index contributed by atoms with van der Waals surface area (Å²) in [6.07, 6.45) is 6.81. The number of nitrogens with zero attached hydrogens (tertiary/aromatic N) is 3. The molecule has 1 aliphatic heterocycles. The number of allylic oxidation sites excluding steroid dienone is 2. The van der Waals surface area contributed by atoms with Crippen molar-refractivity contribution in [2.45, 2.75) is 83.7 Å². The number of amides is 1. The van der Waals surface area contributed by atoms with Gasteiger partial charge < -0.3 is 13.9 Å². The summed E-state index contributed by atoms with van der Waals surface area (Å²) in [6, 6.07) is 14.3. The number of ether oxygens (including phenoxy) is 2. The second-order valence-corrected chi connectivity index (χ2v) is 17.0. The number of benzene rings is 2. The fourth-order valence-electron chi connectivity index (χ4n) is 4.40. The van der Waals surface area contributed by atoms with Crippen molar-refractivity contribution in [1.29, 1.82) is 0 Å². The quantitative estimate of drug-likeness (QED) is 0.0598. The number of rotatable bonds is 7. The van der Waals surface area contributed by atoms with Crippen molar-refractivity contribution in [1.82, 2.24) is 0 Å². The molecule has 0 unspecified atom stereocenters. The van der Waals surface area contributed by atoms with Gasteiger partial charge in [0.15, 0.2) is 0 Å². The summed E-state index contributed by atoms with van der Waals surface area (Å²) < 4.78 is 18.7. The lowest BCUT2D eigenvalue weighted by molar-refractivity contribution is -0.113. The second kappa shape index (κ2) is 14.8. The molecule has 9 nitrogen and oxygen atoms in total.